The lowest BCUT2D eigenvalue weighted by Gasteiger charge is -2.23. The third-order valence-corrected chi connectivity index (χ3v) is 3.18. The average Bonchev–Trinajstić information content (AvgIpc) is 2.46. The topological polar surface area (TPSA) is 57.0 Å². The number of methoxy groups -OCH3 is 3. The maximum Gasteiger partial charge on any atom is 0.119 e. The van der Waals surface area contributed by atoms with Gasteiger partial charge in [0.25, 0.3) is 0 Å². The molecule has 0 fully saturated rings. The molecule has 0 aliphatic heterocycles. The van der Waals surface area contributed by atoms with Crippen molar-refractivity contribution >= 4 is 5.69 Å². The Balaban J connectivity index is 2.66. The number of hydrogen-bond donors (Lipinski definition) is 1. The van der Waals surface area contributed by atoms with Gasteiger partial charge in [0.05, 0.1) is 13.7 Å². The van der Waals surface area contributed by atoms with Crippen molar-refractivity contribution in [3.63, 3.8) is 0 Å². The van der Waals surface area contributed by atoms with Crippen LogP contribution < -0.4 is 10.5 Å². The van der Waals surface area contributed by atoms with Crippen LogP contribution in [0.1, 0.15) is 12.0 Å². The number of benzene rings is 1. The molecule has 5 heteroatoms. The minimum atomic E-state index is 0.705. The molecular formula is C15H26N2O3. The number of hydrogen-bond acceptors (Lipinski definition) is 5. The number of nitrogens with two attached hydrogens (primary N) is 1. The summed E-state index contributed by atoms with van der Waals surface area (Å²) in [5, 5.41) is 0. The van der Waals surface area contributed by atoms with Gasteiger partial charge in [0, 0.05) is 46.1 Å². The van der Waals surface area contributed by atoms with E-state index in [-0.39, 0.29) is 0 Å². The Hall–Kier alpha value is -1.30. The van der Waals surface area contributed by atoms with Gasteiger partial charge in [-0.3, -0.25) is 4.90 Å². The maximum atomic E-state index is 6.04. The number of ether oxygens (including phenoxy) is 3. The predicted octanol–water partition coefficient (Wildman–Crippen LogP) is 1.76. The van der Waals surface area contributed by atoms with Crippen molar-refractivity contribution in [3.05, 3.63) is 23.8 Å². The first kappa shape index (κ1) is 16.8. The summed E-state index contributed by atoms with van der Waals surface area (Å²) in [7, 11) is 5.10. The highest BCUT2D eigenvalue weighted by Gasteiger charge is 2.09. The van der Waals surface area contributed by atoms with Gasteiger partial charge in [-0.05, 0) is 30.2 Å². The molecule has 0 aliphatic carbocycles. The van der Waals surface area contributed by atoms with E-state index in [0.29, 0.717) is 6.61 Å². The highest BCUT2D eigenvalue weighted by molar-refractivity contribution is 5.50. The molecule has 0 amide bonds. The lowest BCUT2D eigenvalue weighted by atomic mass is 10.1. The number of anilines is 1. The summed E-state index contributed by atoms with van der Waals surface area (Å²) in [6.45, 7) is 4.08. The molecule has 0 aromatic heterocycles. The lowest BCUT2D eigenvalue weighted by Crippen LogP contribution is -2.29. The fraction of sp³-hybridized carbons (Fsp3) is 0.600. The lowest BCUT2D eigenvalue weighted by molar-refractivity contribution is 0.129. The van der Waals surface area contributed by atoms with Crippen LogP contribution in [0.3, 0.4) is 0 Å². The Morgan fingerprint density at radius 3 is 2.45 bits per heavy atom. The maximum absolute atomic E-state index is 6.04. The number of nitrogen functional groups attached to an aromatic ring is 1. The second kappa shape index (κ2) is 9.58. The van der Waals surface area contributed by atoms with Crippen LogP contribution in [0, 0.1) is 0 Å². The van der Waals surface area contributed by atoms with Gasteiger partial charge in [-0.2, -0.15) is 0 Å². The van der Waals surface area contributed by atoms with Crippen LogP contribution >= 0.6 is 0 Å². The Morgan fingerprint density at radius 2 is 1.80 bits per heavy atom. The first-order chi connectivity index (χ1) is 9.71. The third kappa shape index (κ3) is 5.77. The summed E-state index contributed by atoms with van der Waals surface area (Å²) in [6.07, 6.45) is 0.990. The van der Waals surface area contributed by atoms with E-state index in [1.165, 1.54) is 0 Å². The van der Waals surface area contributed by atoms with Crippen LogP contribution in [0.5, 0.6) is 5.75 Å². The van der Waals surface area contributed by atoms with E-state index in [2.05, 4.69) is 4.90 Å². The van der Waals surface area contributed by atoms with Crippen LogP contribution in [0.4, 0.5) is 5.69 Å². The Bertz CT molecular complexity index is 385. The molecule has 0 atom stereocenters. The predicted molar refractivity (Wildman–Crippen MR) is 81.1 cm³/mol. The van der Waals surface area contributed by atoms with Crippen molar-refractivity contribution in [2.45, 2.75) is 13.0 Å². The van der Waals surface area contributed by atoms with E-state index in [0.717, 1.165) is 49.7 Å². The standard InChI is InChI=1S/C15H26N2O3/c1-18-9-4-7-17(8-10-19-2)12-13-11-14(20-3)5-6-15(13)16/h5-6,11H,4,7-10,12,16H2,1-3H3. The van der Waals surface area contributed by atoms with Crippen LogP contribution in [0.2, 0.25) is 0 Å². The molecular weight excluding hydrogens is 256 g/mol. The zero-order chi connectivity index (χ0) is 14.8. The monoisotopic (exact) mass is 282 g/mol. The van der Waals surface area contributed by atoms with E-state index in [9.17, 15) is 0 Å². The summed E-state index contributed by atoms with van der Waals surface area (Å²) in [6, 6.07) is 5.76. The van der Waals surface area contributed by atoms with Gasteiger partial charge < -0.3 is 19.9 Å². The summed E-state index contributed by atoms with van der Waals surface area (Å²) in [4.78, 5) is 2.31. The zero-order valence-corrected chi connectivity index (χ0v) is 12.7. The number of nitrogens with zero attached hydrogens (tertiary/aromatic N) is 1. The Morgan fingerprint density at radius 1 is 1.05 bits per heavy atom. The van der Waals surface area contributed by atoms with E-state index >= 15 is 0 Å². The van der Waals surface area contributed by atoms with Gasteiger partial charge in [-0.1, -0.05) is 0 Å². The summed E-state index contributed by atoms with van der Waals surface area (Å²) in [5.74, 6) is 0.831. The Kier molecular flexibility index (Phi) is 8.02. The minimum absolute atomic E-state index is 0.705. The van der Waals surface area contributed by atoms with Crippen molar-refractivity contribution in [1.29, 1.82) is 0 Å². The molecule has 2 N–H and O–H groups in total. The van der Waals surface area contributed by atoms with E-state index in [1.54, 1.807) is 21.3 Å². The van der Waals surface area contributed by atoms with Gasteiger partial charge >= 0.3 is 0 Å². The average molecular weight is 282 g/mol. The zero-order valence-electron chi connectivity index (χ0n) is 12.7. The minimum Gasteiger partial charge on any atom is -0.497 e. The normalized spacial score (nSPS) is 11.0. The van der Waals surface area contributed by atoms with E-state index < -0.39 is 0 Å². The van der Waals surface area contributed by atoms with Crippen LogP contribution in [0.15, 0.2) is 18.2 Å². The first-order valence-corrected chi connectivity index (χ1v) is 6.84. The van der Waals surface area contributed by atoms with E-state index in [4.69, 9.17) is 19.9 Å². The SMILES string of the molecule is COCCCN(CCOC)Cc1cc(OC)ccc1N. The molecule has 20 heavy (non-hydrogen) atoms. The van der Waals surface area contributed by atoms with Crippen molar-refractivity contribution in [1.82, 2.24) is 4.90 Å². The second-order valence-corrected chi connectivity index (χ2v) is 4.68. The summed E-state index contributed by atoms with van der Waals surface area (Å²) < 4.78 is 15.5. The van der Waals surface area contributed by atoms with Gasteiger partial charge in [-0.15, -0.1) is 0 Å². The molecule has 0 saturated heterocycles. The quantitative estimate of drug-likeness (QED) is 0.523. The highest BCUT2D eigenvalue weighted by Crippen LogP contribution is 2.21. The second-order valence-electron chi connectivity index (χ2n) is 4.68. The van der Waals surface area contributed by atoms with E-state index in [1.807, 2.05) is 18.2 Å². The van der Waals surface area contributed by atoms with Crippen molar-refractivity contribution in [2.24, 2.45) is 0 Å². The molecule has 0 aliphatic rings. The fourth-order valence-corrected chi connectivity index (χ4v) is 2.01. The van der Waals surface area contributed by atoms with Crippen LogP contribution in [-0.4, -0.2) is 52.5 Å². The Labute approximate surface area is 121 Å². The molecule has 0 heterocycles. The molecule has 5 nitrogen and oxygen atoms in total. The molecule has 0 radical (unpaired) electrons. The third-order valence-electron chi connectivity index (χ3n) is 3.18. The van der Waals surface area contributed by atoms with Crippen molar-refractivity contribution < 1.29 is 14.2 Å². The van der Waals surface area contributed by atoms with Crippen LogP contribution in [0.25, 0.3) is 0 Å². The van der Waals surface area contributed by atoms with Crippen molar-refractivity contribution in [2.75, 3.05) is 53.4 Å². The first-order valence-electron chi connectivity index (χ1n) is 6.84. The molecule has 114 valence electrons. The largest absolute Gasteiger partial charge is 0.497 e. The molecule has 0 bridgehead atoms. The molecule has 1 aromatic carbocycles. The molecule has 1 aromatic rings. The summed E-state index contributed by atoms with van der Waals surface area (Å²) >= 11 is 0. The van der Waals surface area contributed by atoms with Crippen LogP contribution in [-0.2, 0) is 16.0 Å². The van der Waals surface area contributed by atoms with Gasteiger partial charge in [-0.25, -0.2) is 0 Å². The highest BCUT2D eigenvalue weighted by atomic mass is 16.5. The summed E-state index contributed by atoms with van der Waals surface area (Å²) in [5.41, 5.74) is 7.91. The molecule has 1 rings (SSSR count). The van der Waals surface area contributed by atoms with Gasteiger partial charge in [0.1, 0.15) is 5.75 Å². The molecule has 0 saturated carbocycles. The number of rotatable bonds is 10. The van der Waals surface area contributed by atoms with Gasteiger partial charge in [0.2, 0.25) is 0 Å². The molecule has 0 spiro atoms. The smallest absolute Gasteiger partial charge is 0.119 e. The van der Waals surface area contributed by atoms with Gasteiger partial charge in [0.15, 0.2) is 0 Å². The van der Waals surface area contributed by atoms with Crippen molar-refractivity contribution in [3.8, 4) is 5.75 Å². The fourth-order valence-electron chi connectivity index (χ4n) is 2.01. The molecule has 0 unspecified atom stereocenters.